The molecule has 0 saturated heterocycles. The summed E-state index contributed by atoms with van der Waals surface area (Å²) >= 11 is 5.44. The van der Waals surface area contributed by atoms with E-state index in [9.17, 15) is 42.6 Å². The molecule has 0 aliphatic heterocycles. The standard InChI is InChI=1S/C13H10FN3O2.C12H10FN3O3.C12H12FN3O.C7H8FNO.C5H3ClN2O2.C2H3N.CH4O/c1-19-12-3-2-8(6-9(12)14)17-11-4-5-15-7-10(11)16-13(17)18;1-19-12-3-2-8(6-9(12)13)15-10-4-5-14-7-11(10)16(17)18;1-17-12-3-2-8(6-9(12)13)16-11-4-5-15-7-10(11)14;1-10-7-3-2-5(9)4-6(7)8;6-4-1-2-7-3-5(4)8(9)10;1-2-3;1-2/h2-7H,1H3,(H,16,18);2-7H,1H3,(H,14,15);2-7H,14H2,1H3,(H,15,16);2-4H,9H2,1H3;1-3H;1H3;2H,1H3. The zero-order valence-electron chi connectivity index (χ0n) is 43.1. The summed E-state index contributed by atoms with van der Waals surface area (Å²) in [4.78, 5) is 49.4. The maximum atomic E-state index is 13.7. The van der Waals surface area contributed by atoms with E-state index in [0.717, 1.165) is 19.5 Å². The number of methoxy groups -OCH3 is 4. The monoisotopic (exact) mass is 1130 g/mol. The maximum absolute atomic E-state index is 13.7. The number of aliphatic hydroxyl groups excluding tert-OH is 1. The Bertz CT molecular complexity index is 3570. The van der Waals surface area contributed by atoms with Crippen LogP contribution in [-0.2, 0) is 0 Å². The molecule has 0 atom stereocenters. The summed E-state index contributed by atoms with van der Waals surface area (Å²) in [5.74, 6) is -1.26. The molecule has 28 heteroatoms. The fourth-order valence-corrected chi connectivity index (χ4v) is 6.33. The quantitative estimate of drug-likeness (QED) is 0.0303. The van der Waals surface area contributed by atoms with Gasteiger partial charge in [-0.1, -0.05) is 11.6 Å². The molecule has 5 aromatic heterocycles. The maximum Gasteiger partial charge on any atom is 0.331 e. The smallest absolute Gasteiger partial charge is 0.331 e. The number of anilines is 6. The molecule has 8 N–H and O–H groups in total. The number of halogens is 5. The minimum atomic E-state index is -0.574. The number of imidazole rings is 1. The van der Waals surface area contributed by atoms with Gasteiger partial charge in [0, 0.05) is 80.1 Å². The minimum Gasteiger partial charge on any atom is -0.494 e. The topological polar surface area (TPSA) is 333 Å². The first-order valence-corrected chi connectivity index (χ1v) is 22.7. The van der Waals surface area contributed by atoms with Gasteiger partial charge in [-0.25, -0.2) is 22.4 Å². The molecule has 5 heterocycles. The third-order valence-corrected chi connectivity index (χ3v) is 10.0. The zero-order chi connectivity index (χ0) is 59.3. The van der Waals surface area contributed by atoms with E-state index >= 15 is 0 Å². The van der Waals surface area contributed by atoms with Crippen LogP contribution in [0.5, 0.6) is 23.0 Å². The second-order valence-electron chi connectivity index (χ2n) is 14.7. The lowest BCUT2D eigenvalue weighted by Gasteiger charge is -2.09. The fourth-order valence-electron chi connectivity index (χ4n) is 6.15. The molecule has 0 bridgehead atoms. The molecule has 0 radical (unpaired) electrons. The van der Waals surface area contributed by atoms with Crippen LogP contribution >= 0.6 is 11.6 Å². The molecule has 23 nitrogen and oxygen atoms in total. The highest BCUT2D eigenvalue weighted by Gasteiger charge is 2.15. The van der Waals surface area contributed by atoms with Crippen molar-refractivity contribution in [3.8, 4) is 34.8 Å². The van der Waals surface area contributed by atoms with Crippen molar-refractivity contribution in [3.05, 3.63) is 206 Å². The van der Waals surface area contributed by atoms with Crippen molar-refractivity contribution in [1.29, 1.82) is 5.26 Å². The minimum absolute atomic E-state index is 0.106. The predicted octanol–water partition coefficient (Wildman–Crippen LogP) is 10.5. The number of pyridine rings is 4. The number of nitrogens with zero attached hydrogens (tertiary/aromatic N) is 8. The number of aromatic amines is 1. The van der Waals surface area contributed by atoms with Crippen molar-refractivity contribution in [2.24, 2.45) is 0 Å². The third kappa shape index (κ3) is 18.9. The van der Waals surface area contributed by atoms with Crippen molar-refractivity contribution in [1.82, 2.24) is 29.5 Å². The number of fused-ring (bicyclic) bond motifs is 1. The van der Waals surface area contributed by atoms with E-state index in [1.807, 2.05) is 0 Å². The highest BCUT2D eigenvalue weighted by Crippen LogP contribution is 2.30. The number of H-pyrrole nitrogens is 1. The molecule has 9 rings (SSSR count). The van der Waals surface area contributed by atoms with Gasteiger partial charge < -0.3 is 51.1 Å². The van der Waals surface area contributed by atoms with Crippen LogP contribution in [0.4, 0.5) is 63.1 Å². The molecule has 4 aromatic carbocycles. The number of nitro groups is 2. The van der Waals surface area contributed by atoms with E-state index in [0.29, 0.717) is 45.2 Å². The average Bonchev–Trinajstić information content (AvgIpc) is 3.88. The first kappa shape index (κ1) is 63.7. The first-order chi connectivity index (χ1) is 38.4. The predicted molar refractivity (Wildman–Crippen MR) is 293 cm³/mol. The van der Waals surface area contributed by atoms with Crippen molar-refractivity contribution in [2.75, 3.05) is 57.6 Å². The molecule has 0 aliphatic rings. The summed E-state index contributed by atoms with van der Waals surface area (Å²) in [5, 5.41) is 41.1. The summed E-state index contributed by atoms with van der Waals surface area (Å²) < 4.78 is 73.8. The fraction of sp³-hybridized carbons (Fsp3) is 0.115. The van der Waals surface area contributed by atoms with Gasteiger partial charge >= 0.3 is 17.1 Å². The van der Waals surface area contributed by atoms with Crippen LogP contribution in [0.2, 0.25) is 5.02 Å². The van der Waals surface area contributed by atoms with E-state index in [1.165, 1.54) is 113 Å². The van der Waals surface area contributed by atoms with Crippen LogP contribution in [0.15, 0.2) is 151 Å². The Balaban J connectivity index is 0.000000263. The Hall–Kier alpha value is -10.6. The Labute approximate surface area is 457 Å². The van der Waals surface area contributed by atoms with Gasteiger partial charge in [-0.3, -0.25) is 44.7 Å². The first-order valence-electron chi connectivity index (χ1n) is 22.4. The second-order valence-corrected chi connectivity index (χ2v) is 15.1. The van der Waals surface area contributed by atoms with Gasteiger partial charge in [0.05, 0.1) is 84.8 Å². The Morgan fingerprint density at radius 3 is 1.51 bits per heavy atom. The molecule has 0 amide bonds. The highest BCUT2D eigenvalue weighted by atomic mass is 35.5. The van der Waals surface area contributed by atoms with E-state index in [4.69, 9.17) is 47.6 Å². The van der Waals surface area contributed by atoms with Crippen LogP contribution in [0.1, 0.15) is 6.92 Å². The van der Waals surface area contributed by atoms with Crippen molar-refractivity contribution >= 4 is 68.1 Å². The van der Waals surface area contributed by atoms with Crippen LogP contribution in [-0.4, -0.2) is 80.0 Å². The van der Waals surface area contributed by atoms with E-state index in [1.54, 1.807) is 67.1 Å². The van der Waals surface area contributed by atoms with Crippen molar-refractivity contribution < 1.29 is 51.5 Å². The number of hydrogen-bond donors (Lipinski definition) is 6. The van der Waals surface area contributed by atoms with Gasteiger partial charge in [0.1, 0.15) is 23.1 Å². The van der Waals surface area contributed by atoms with Crippen LogP contribution in [0, 0.1) is 54.8 Å². The van der Waals surface area contributed by atoms with Crippen molar-refractivity contribution in [3.63, 3.8) is 0 Å². The highest BCUT2D eigenvalue weighted by molar-refractivity contribution is 6.32. The SMILES string of the molecule is CC#N.CO.COc1ccc(-n2c(=O)[nH]c3cnccc32)cc1F.COc1ccc(N)cc1F.COc1ccc(Nc2ccncc2N)cc1F.COc1ccc(Nc2ccncc2[N+](=O)[O-])cc1F.O=[N+]([O-])c1cnccc1Cl. The number of hydrogen-bond acceptors (Lipinski definition) is 19. The molecule has 9 aromatic rings. The number of benzene rings is 4. The summed E-state index contributed by atoms with van der Waals surface area (Å²) in [7, 11) is 6.59. The molecule has 0 unspecified atom stereocenters. The van der Waals surface area contributed by atoms with Crippen LogP contribution in [0.3, 0.4) is 0 Å². The van der Waals surface area contributed by atoms with Gasteiger partial charge in [-0.15, -0.1) is 0 Å². The summed E-state index contributed by atoms with van der Waals surface area (Å²) in [6.45, 7) is 1.43. The molecule has 418 valence electrons. The molecule has 0 saturated carbocycles. The molecule has 0 spiro atoms. The van der Waals surface area contributed by atoms with E-state index in [-0.39, 0.29) is 50.8 Å². The molecular formula is C52H50ClF4N13O10. The number of rotatable bonds is 11. The number of nitrogens with two attached hydrogens (primary N) is 2. The summed E-state index contributed by atoms with van der Waals surface area (Å²) in [6, 6.07) is 25.4. The largest absolute Gasteiger partial charge is 0.494 e. The Morgan fingerprint density at radius 1 is 0.625 bits per heavy atom. The van der Waals surface area contributed by atoms with Crippen LogP contribution in [0.25, 0.3) is 16.7 Å². The summed E-state index contributed by atoms with van der Waals surface area (Å²) in [5.41, 5.74) is 14.8. The number of aromatic nitrogens is 6. The van der Waals surface area contributed by atoms with Gasteiger partial charge in [-0.2, -0.15) is 5.26 Å². The number of nitrogens with one attached hydrogen (secondary N) is 3. The Kier molecular flexibility index (Phi) is 26.1. The molecule has 80 heavy (non-hydrogen) atoms. The number of aliphatic hydroxyl groups is 1. The van der Waals surface area contributed by atoms with Crippen molar-refractivity contribution in [2.45, 2.75) is 6.92 Å². The van der Waals surface area contributed by atoms with Crippen LogP contribution < -0.4 is 46.7 Å². The second kappa shape index (κ2) is 32.8. The lowest BCUT2D eigenvalue weighted by molar-refractivity contribution is -0.385. The Morgan fingerprint density at radius 2 is 1.05 bits per heavy atom. The van der Waals surface area contributed by atoms with Gasteiger partial charge in [0.15, 0.2) is 46.3 Å². The van der Waals surface area contributed by atoms with E-state index < -0.39 is 33.1 Å². The number of ether oxygens (including phenoxy) is 4. The zero-order valence-corrected chi connectivity index (χ0v) is 43.9. The normalized spacial score (nSPS) is 9.59. The lowest BCUT2D eigenvalue weighted by Crippen LogP contribution is -2.14. The molecular weight excluding hydrogens is 1080 g/mol. The number of nitriles is 1. The van der Waals surface area contributed by atoms with Gasteiger partial charge in [-0.05, 0) is 72.8 Å². The van der Waals surface area contributed by atoms with Gasteiger partial charge in [0.25, 0.3) is 0 Å². The molecule has 0 aliphatic carbocycles. The van der Waals surface area contributed by atoms with E-state index in [2.05, 4.69) is 40.3 Å². The third-order valence-electron chi connectivity index (χ3n) is 9.71. The average molecular weight is 1130 g/mol. The number of nitrogen functional groups attached to an aromatic ring is 2. The summed E-state index contributed by atoms with van der Waals surface area (Å²) in [6.07, 6.45) is 11.3. The lowest BCUT2D eigenvalue weighted by atomic mass is 10.2. The molecule has 0 fully saturated rings. The van der Waals surface area contributed by atoms with Gasteiger partial charge in [0.2, 0.25) is 0 Å².